The van der Waals surface area contributed by atoms with Crippen LogP contribution in [-0.4, -0.2) is 27.5 Å². The predicted molar refractivity (Wildman–Crippen MR) is 78.4 cm³/mol. The monoisotopic (exact) mass is 302 g/mol. The topological polar surface area (TPSA) is 78.3 Å². The quantitative estimate of drug-likeness (QED) is 0.902. The Bertz CT molecular complexity index is 683. The van der Waals surface area contributed by atoms with Crippen LogP contribution in [0.1, 0.15) is 30.8 Å². The van der Waals surface area contributed by atoms with Crippen LogP contribution in [0.25, 0.3) is 0 Å². The highest BCUT2D eigenvalue weighted by molar-refractivity contribution is 5.79. The molecule has 1 aliphatic rings. The number of nitrogens with one attached hydrogen (secondary N) is 1. The van der Waals surface area contributed by atoms with E-state index in [0.29, 0.717) is 5.75 Å². The number of ether oxygens (including phenoxy) is 2. The molecule has 2 heterocycles. The number of rotatable bonds is 5. The first-order valence-electron chi connectivity index (χ1n) is 7.19. The molecule has 1 N–H and O–H groups in total. The maximum atomic E-state index is 12.2. The minimum Gasteiger partial charge on any atom is -0.454 e. The van der Waals surface area contributed by atoms with Crippen LogP contribution < -0.4 is 14.8 Å². The van der Waals surface area contributed by atoms with Gasteiger partial charge in [0.15, 0.2) is 11.5 Å². The van der Waals surface area contributed by atoms with Crippen molar-refractivity contribution in [3.8, 4) is 11.5 Å². The van der Waals surface area contributed by atoms with E-state index in [2.05, 4.69) is 15.4 Å². The number of aromatic nitrogens is 3. The zero-order chi connectivity index (χ0) is 15.5. The second kappa shape index (κ2) is 6.05. The highest BCUT2D eigenvalue weighted by atomic mass is 16.7. The van der Waals surface area contributed by atoms with Gasteiger partial charge in [0.2, 0.25) is 12.7 Å². The summed E-state index contributed by atoms with van der Waals surface area (Å²) < 4.78 is 12.3. The van der Waals surface area contributed by atoms with Crippen LogP contribution >= 0.6 is 0 Å². The second-order valence-corrected chi connectivity index (χ2v) is 5.13. The number of aryl methyl sites for hydroxylation is 1. The van der Waals surface area contributed by atoms with E-state index in [1.807, 2.05) is 32.2 Å². The lowest BCUT2D eigenvalue weighted by atomic mass is 10.1. The zero-order valence-corrected chi connectivity index (χ0v) is 12.6. The number of fused-ring (bicyclic) bond motifs is 1. The summed E-state index contributed by atoms with van der Waals surface area (Å²) in [5.74, 6) is 2.09. The summed E-state index contributed by atoms with van der Waals surface area (Å²) in [5.41, 5.74) is 0.884. The Morgan fingerprint density at radius 1 is 1.41 bits per heavy atom. The molecule has 0 aliphatic carbocycles. The molecule has 2 aromatic rings. The molecule has 0 radical (unpaired) electrons. The molecule has 0 bridgehead atoms. The molecular formula is C15H18N4O3. The Kier molecular flexibility index (Phi) is 3.95. The van der Waals surface area contributed by atoms with Crippen LogP contribution in [0.5, 0.6) is 11.5 Å². The fourth-order valence-electron chi connectivity index (χ4n) is 2.45. The molecule has 1 aliphatic heterocycles. The summed E-state index contributed by atoms with van der Waals surface area (Å²) in [6, 6.07) is 5.39. The minimum atomic E-state index is -0.144. The molecule has 1 amide bonds. The maximum absolute atomic E-state index is 12.2. The van der Waals surface area contributed by atoms with Crippen molar-refractivity contribution in [3.63, 3.8) is 0 Å². The molecule has 1 aromatic heterocycles. The van der Waals surface area contributed by atoms with Gasteiger partial charge in [0.1, 0.15) is 12.2 Å². The van der Waals surface area contributed by atoms with Crippen molar-refractivity contribution in [2.45, 2.75) is 25.8 Å². The normalized spacial score (nSPS) is 13.9. The molecule has 0 spiro atoms. The summed E-state index contributed by atoms with van der Waals surface area (Å²) in [6.07, 6.45) is 2.52. The molecule has 7 nitrogen and oxygen atoms in total. The van der Waals surface area contributed by atoms with Gasteiger partial charge in [0.05, 0.1) is 12.5 Å². The summed E-state index contributed by atoms with van der Waals surface area (Å²) >= 11 is 0. The van der Waals surface area contributed by atoms with Gasteiger partial charge < -0.3 is 14.8 Å². The molecular weight excluding hydrogens is 284 g/mol. The predicted octanol–water partition coefficient (Wildman–Crippen LogP) is 1.35. The van der Waals surface area contributed by atoms with Gasteiger partial charge in [0, 0.05) is 7.05 Å². The summed E-state index contributed by atoms with van der Waals surface area (Å²) in [4.78, 5) is 16.4. The maximum Gasteiger partial charge on any atom is 0.231 e. The lowest BCUT2D eigenvalue weighted by Gasteiger charge is -2.16. The van der Waals surface area contributed by atoms with Gasteiger partial charge in [0.25, 0.3) is 0 Å². The Hall–Kier alpha value is -2.57. The third kappa shape index (κ3) is 2.88. The SMILES string of the molecule is CC[C@H](NC(=O)Cc1ccc2c(c1)OCO2)c1ncnn1C. The standard InChI is InChI=1S/C15H18N4O3/c1-3-11(15-16-8-17-19(15)2)18-14(20)7-10-4-5-12-13(6-10)22-9-21-12/h4-6,8,11H,3,7,9H2,1-2H3,(H,18,20)/t11-/m0/s1. The Labute approximate surface area is 128 Å². The first kappa shape index (κ1) is 14.4. The van der Waals surface area contributed by atoms with Crippen molar-refractivity contribution >= 4 is 5.91 Å². The third-order valence-electron chi connectivity index (χ3n) is 3.60. The van der Waals surface area contributed by atoms with Gasteiger partial charge in [-0.15, -0.1) is 0 Å². The molecule has 7 heteroatoms. The van der Waals surface area contributed by atoms with Gasteiger partial charge in [-0.3, -0.25) is 9.48 Å². The molecule has 0 saturated carbocycles. The van der Waals surface area contributed by atoms with Gasteiger partial charge >= 0.3 is 0 Å². The first-order valence-corrected chi connectivity index (χ1v) is 7.19. The van der Waals surface area contributed by atoms with E-state index < -0.39 is 0 Å². The van der Waals surface area contributed by atoms with Gasteiger partial charge in [-0.1, -0.05) is 13.0 Å². The minimum absolute atomic E-state index is 0.0614. The van der Waals surface area contributed by atoms with E-state index >= 15 is 0 Å². The average Bonchev–Trinajstić information content (AvgIpc) is 3.13. The Balaban J connectivity index is 1.65. The van der Waals surface area contributed by atoms with E-state index in [1.54, 1.807) is 4.68 Å². The van der Waals surface area contributed by atoms with Gasteiger partial charge in [-0.2, -0.15) is 5.10 Å². The van der Waals surface area contributed by atoms with Crippen LogP contribution in [-0.2, 0) is 18.3 Å². The number of hydrogen-bond donors (Lipinski definition) is 1. The highest BCUT2D eigenvalue weighted by Crippen LogP contribution is 2.32. The molecule has 0 unspecified atom stereocenters. The largest absolute Gasteiger partial charge is 0.454 e. The van der Waals surface area contributed by atoms with Gasteiger partial charge in [-0.25, -0.2) is 4.98 Å². The Morgan fingerprint density at radius 2 is 2.23 bits per heavy atom. The van der Waals surface area contributed by atoms with Crippen LogP contribution in [0, 0.1) is 0 Å². The van der Waals surface area contributed by atoms with Crippen LogP contribution in [0.3, 0.4) is 0 Å². The smallest absolute Gasteiger partial charge is 0.231 e. The van der Waals surface area contributed by atoms with Crippen molar-refractivity contribution in [2.75, 3.05) is 6.79 Å². The highest BCUT2D eigenvalue weighted by Gasteiger charge is 2.19. The average molecular weight is 302 g/mol. The van der Waals surface area contributed by atoms with Crippen LogP contribution in [0.4, 0.5) is 0 Å². The van der Waals surface area contributed by atoms with Crippen molar-refractivity contribution in [2.24, 2.45) is 7.05 Å². The molecule has 0 fully saturated rings. The number of benzene rings is 1. The van der Waals surface area contributed by atoms with Crippen molar-refractivity contribution in [1.82, 2.24) is 20.1 Å². The van der Waals surface area contributed by atoms with Crippen LogP contribution in [0.2, 0.25) is 0 Å². The summed E-state index contributed by atoms with van der Waals surface area (Å²) in [5, 5.41) is 7.03. The number of carbonyl (C=O) groups excluding carboxylic acids is 1. The van der Waals surface area contributed by atoms with Crippen molar-refractivity contribution in [1.29, 1.82) is 0 Å². The van der Waals surface area contributed by atoms with E-state index in [0.717, 1.165) is 23.6 Å². The van der Waals surface area contributed by atoms with E-state index in [9.17, 15) is 4.79 Å². The van der Waals surface area contributed by atoms with Crippen molar-refractivity contribution < 1.29 is 14.3 Å². The first-order chi connectivity index (χ1) is 10.7. The molecule has 3 rings (SSSR count). The molecule has 116 valence electrons. The van der Waals surface area contributed by atoms with E-state index in [-0.39, 0.29) is 25.2 Å². The van der Waals surface area contributed by atoms with Gasteiger partial charge in [-0.05, 0) is 24.1 Å². The summed E-state index contributed by atoms with van der Waals surface area (Å²) in [7, 11) is 1.81. The zero-order valence-electron chi connectivity index (χ0n) is 12.6. The second-order valence-electron chi connectivity index (χ2n) is 5.13. The fraction of sp³-hybridized carbons (Fsp3) is 0.400. The lowest BCUT2D eigenvalue weighted by molar-refractivity contribution is -0.121. The number of nitrogens with zero attached hydrogens (tertiary/aromatic N) is 3. The number of amides is 1. The molecule has 0 saturated heterocycles. The lowest BCUT2D eigenvalue weighted by Crippen LogP contribution is -2.31. The molecule has 1 aromatic carbocycles. The van der Waals surface area contributed by atoms with Crippen molar-refractivity contribution in [3.05, 3.63) is 35.9 Å². The fourth-order valence-corrected chi connectivity index (χ4v) is 2.45. The summed E-state index contributed by atoms with van der Waals surface area (Å²) in [6.45, 7) is 2.23. The molecule has 22 heavy (non-hydrogen) atoms. The molecule has 1 atom stereocenters. The number of hydrogen-bond acceptors (Lipinski definition) is 5. The Morgan fingerprint density at radius 3 is 2.95 bits per heavy atom. The van der Waals surface area contributed by atoms with E-state index in [1.165, 1.54) is 6.33 Å². The third-order valence-corrected chi connectivity index (χ3v) is 3.60. The van der Waals surface area contributed by atoms with E-state index in [4.69, 9.17) is 9.47 Å². The van der Waals surface area contributed by atoms with Crippen LogP contribution in [0.15, 0.2) is 24.5 Å². The number of carbonyl (C=O) groups is 1.